The van der Waals surface area contributed by atoms with E-state index in [4.69, 9.17) is 4.74 Å². The molecule has 0 radical (unpaired) electrons. The Bertz CT molecular complexity index is 410. The molecule has 0 aliphatic carbocycles. The lowest BCUT2D eigenvalue weighted by atomic mass is 10.2. The van der Waals surface area contributed by atoms with E-state index in [0.29, 0.717) is 18.5 Å². The van der Waals surface area contributed by atoms with Gasteiger partial charge in [-0.25, -0.2) is 4.98 Å². The van der Waals surface area contributed by atoms with E-state index in [9.17, 15) is 4.79 Å². The van der Waals surface area contributed by atoms with Gasteiger partial charge in [0, 0.05) is 31.3 Å². The predicted octanol–water partition coefficient (Wildman–Crippen LogP) is 0.601. The molecule has 1 fully saturated rings. The van der Waals surface area contributed by atoms with Crippen molar-refractivity contribution in [2.24, 2.45) is 0 Å². The SMILES string of the molecule is CCNCc1cnc(CC2CCCO2)[nH]c1=O. The standard InChI is InChI=1S/C12H19N3O2/c1-2-13-7-9-8-14-11(15-12(9)16)6-10-4-3-5-17-10/h8,10,13H,2-7H2,1H3,(H,14,15,16). The molecule has 17 heavy (non-hydrogen) atoms. The molecule has 5 nitrogen and oxygen atoms in total. The van der Waals surface area contributed by atoms with E-state index in [0.717, 1.165) is 31.8 Å². The first-order valence-electron chi connectivity index (χ1n) is 6.19. The highest BCUT2D eigenvalue weighted by Gasteiger charge is 2.17. The molecule has 1 aromatic rings. The average Bonchev–Trinajstić information content (AvgIpc) is 2.81. The van der Waals surface area contributed by atoms with Crippen LogP contribution in [0.5, 0.6) is 0 Å². The minimum atomic E-state index is -0.0473. The van der Waals surface area contributed by atoms with Gasteiger partial charge in [0.1, 0.15) is 5.82 Å². The highest BCUT2D eigenvalue weighted by molar-refractivity contribution is 5.06. The molecule has 1 aliphatic rings. The lowest BCUT2D eigenvalue weighted by Crippen LogP contribution is -2.24. The number of H-pyrrole nitrogens is 1. The zero-order chi connectivity index (χ0) is 12.1. The zero-order valence-electron chi connectivity index (χ0n) is 10.2. The first kappa shape index (κ1) is 12.3. The largest absolute Gasteiger partial charge is 0.378 e. The van der Waals surface area contributed by atoms with Crippen LogP contribution in [0.15, 0.2) is 11.0 Å². The third-order valence-electron chi connectivity index (χ3n) is 2.94. The van der Waals surface area contributed by atoms with Gasteiger partial charge in [0.2, 0.25) is 0 Å². The van der Waals surface area contributed by atoms with Crippen LogP contribution in [0.3, 0.4) is 0 Å². The highest BCUT2D eigenvalue weighted by atomic mass is 16.5. The summed E-state index contributed by atoms with van der Waals surface area (Å²) in [5, 5.41) is 3.11. The first-order chi connectivity index (χ1) is 8.29. The fraction of sp³-hybridized carbons (Fsp3) is 0.667. The van der Waals surface area contributed by atoms with Crippen molar-refractivity contribution in [3.8, 4) is 0 Å². The number of rotatable bonds is 5. The van der Waals surface area contributed by atoms with Crippen LogP contribution in [0.4, 0.5) is 0 Å². The van der Waals surface area contributed by atoms with Gasteiger partial charge in [0.25, 0.3) is 5.56 Å². The van der Waals surface area contributed by atoms with Crippen molar-refractivity contribution in [2.75, 3.05) is 13.2 Å². The van der Waals surface area contributed by atoms with Gasteiger partial charge >= 0.3 is 0 Å². The Balaban J connectivity index is 2.00. The molecule has 0 aromatic carbocycles. The number of hydrogen-bond donors (Lipinski definition) is 2. The van der Waals surface area contributed by atoms with Crippen LogP contribution in [-0.2, 0) is 17.7 Å². The zero-order valence-corrected chi connectivity index (χ0v) is 10.2. The second-order valence-corrected chi connectivity index (χ2v) is 4.30. The van der Waals surface area contributed by atoms with Crippen LogP contribution in [0.1, 0.15) is 31.2 Å². The van der Waals surface area contributed by atoms with Crippen LogP contribution in [-0.4, -0.2) is 29.2 Å². The van der Waals surface area contributed by atoms with Gasteiger partial charge in [-0.15, -0.1) is 0 Å². The van der Waals surface area contributed by atoms with Crippen molar-refractivity contribution < 1.29 is 4.74 Å². The number of aromatic nitrogens is 2. The van der Waals surface area contributed by atoms with Gasteiger partial charge < -0.3 is 15.0 Å². The molecular formula is C12H19N3O2. The van der Waals surface area contributed by atoms with Crippen molar-refractivity contribution in [2.45, 2.75) is 38.8 Å². The summed E-state index contributed by atoms with van der Waals surface area (Å²) in [5.41, 5.74) is 0.636. The van der Waals surface area contributed by atoms with E-state index in [1.165, 1.54) is 0 Å². The molecule has 2 N–H and O–H groups in total. The molecule has 1 atom stereocenters. The molecule has 1 unspecified atom stereocenters. The lowest BCUT2D eigenvalue weighted by molar-refractivity contribution is 0.110. The molecule has 0 saturated carbocycles. The van der Waals surface area contributed by atoms with Gasteiger partial charge in [0.15, 0.2) is 0 Å². The quantitative estimate of drug-likeness (QED) is 0.787. The molecule has 1 saturated heterocycles. The fourth-order valence-corrected chi connectivity index (χ4v) is 1.97. The van der Waals surface area contributed by atoms with Crippen LogP contribution in [0.2, 0.25) is 0 Å². The fourth-order valence-electron chi connectivity index (χ4n) is 1.97. The Morgan fingerprint density at radius 1 is 1.65 bits per heavy atom. The lowest BCUT2D eigenvalue weighted by Gasteiger charge is -2.08. The molecule has 1 aliphatic heterocycles. The second kappa shape index (κ2) is 5.93. The van der Waals surface area contributed by atoms with Crippen LogP contribution < -0.4 is 10.9 Å². The Labute approximate surface area is 101 Å². The Morgan fingerprint density at radius 2 is 2.53 bits per heavy atom. The number of nitrogens with one attached hydrogen (secondary N) is 2. The molecule has 94 valence electrons. The van der Waals surface area contributed by atoms with Crippen LogP contribution in [0, 0.1) is 0 Å². The smallest absolute Gasteiger partial charge is 0.255 e. The summed E-state index contributed by atoms with van der Waals surface area (Å²) >= 11 is 0. The van der Waals surface area contributed by atoms with Crippen molar-refractivity contribution >= 4 is 0 Å². The summed E-state index contributed by atoms with van der Waals surface area (Å²) in [6.45, 7) is 4.25. The minimum Gasteiger partial charge on any atom is -0.378 e. The highest BCUT2D eigenvalue weighted by Crippen LogP contribution is 2.14. The number of nitrogens with zero attached hydrogens (tertiary/aromatic N) is 1. The van der Waals surface area contributed by atoms with E-state index in [1.807, 2.05) is 6.92 Å². The molecule has 0 bridgehead atoms. The minimum absolute atomic E-state index is 0.0473. The maximum Gasteiger partial charge on any atom is 0.255 e. The Morgan fingerprint density at radius 3 is 3.18 bits per heavy atom. The monoisotopic (exact) mass is 237 g/mol. The second-order valence-electron chi connectivity index (χ2n) is 4.30. The third-order valence-corrected chi connectivity index (χ3v) is 2.94. The normalized spacial score (nSPS) is 19.7. The van der Waals surface area contributed by atoms with Gasteiger partial charge in [-0.3, -0.25) is 4.79 Å². The van der Waals surface area contributed by atoms with E-state index < -0.39 is 0 Å². The predicted molar refractivity (Wildman–Crippen MR) is 64.9 cm³/mol. The van der Waals surface area contributed by atoms with Gasteiger partial charge in [-0.1, -0.05) is 6.92 Å². The summed E-state index contributed by atoms with van der Waals surface area (Å²) in [6.07, 6.45) is 4.75. The number of ether oxygens (including phenoxy) is 1. The molecule has 2 rings (SSSR count). The summed E-state index contributed by atoms with van der Waals surface area (Å²) < 4.78 is 5.52. The van der Waals surface area contributed by atoms with Crippen molar-refractivity contribution in [3.63, 3.8) is 0 Å². The van der Waals surface area contributed by atoms with Crippen molar-refractivity contribution in [3.05, 3.63) is 27.9 Å². The van der Waals surface area contributed by atoms with Gasteiger partial charge in [-0.2, -0.15) is 0 Å². The van der Waals surface area contributed by atoms with Crippen LogP contribution in [0.25, 0.3) is 0 Å². The molecule has 5 heteroatoms. The topological polar surface area (TPSA) is 67.0 Å². The van der Waals surface area contributed by atoms with Crippen molar-refractivity contribution in [1.82, 2.24) is 15.3 Å². The summed E-state index contributed by atoms with van der Waals surface area (Å²) in [4.78, 5) is 18.8. The molecule has 0 spiro atoms. The number of hydrogen-bond acceptors (Lipinski definition) is 4. The molecular weight excluding hydrogens is 218 g/mol. The van der Waals surface area contributed by atoms with Gasteiger partial charge in [0.05, 0.1) is 6.10 Å². The van der Waals surface area contributed by atoms with E-state index >= 15 is 0 Å². The van der Waals surface area contributed by atoms with E-state index in [1.54, 1.807) is 6.20 Å². The summed E-state index contributed by atoms with van der Waals surface area (Å²) in [7, 11) is 0. The van der Waals surface area contributed by atoms with E-state index in [2.05, 4.69) is 15.3 Å². The summed E-state index contributed by atoms with van der Waals surface area (Å²) in [5.74, 6) is 0.724. The number of aromatic amines is 1. The Kier molecular flexibility index (Phi) is 4.28. The van der Waals surface area contributed by atoms with Gasteiger partial charge in [-0.05, 0) is 19.4 Å². The average molecular weight is 237 g/mol. The van der Waals surface area contributed by atoms with Crippen LogP contribution >= 0.6 is 0 Å². The van der Waals surface area contributed by atoms with Crippen molar-refractivity contribution in [1.29, 1.82) is 0 Å². The summed E-state index contributed by atoms with van der Waals surface area (Å²) in [6, 6.07) is 0. The molecule has 1 aromatic heterocycles. The third kappa shape index (κ3) is 3.38. The Hall–Kier alpha value is -1.20. The maximum atomic E-state index is 11.7. The first-order valence-corrected chi connectivity index (χ1v) is 6.19. The van der Waals surface area contributed by atoms with E-state index in [-0.39, 0.29) is 11.7 Å². The maximum absolute atomic E-state index is 11.7. The molecule has 2 heterocycles. The molecule has 0 amide bonds.